The van der Waals surface area contributed by atoms with Crippen molar-refractivity contribution in [3.63, 3.8) is 0 Å². The number of rotatable bonds is 2. The van der Waals surface area contributed by atoms with Crippen LogP contribution in [0.3, 0.4) is 0 Å². The average molecular weight is 326 g/mol. The van der Waals surface area contributed by atoms with E-state index in [0.717, 1.165) is 23.3 Å². The second-order valence-electron chi connectivity index (χ2n) is 6.23. The second kappa shape index (κ2) is 5.67. The summed E-state index contributed by atoms with van der Waals surface area (Å²) in [6.45, 7) is 2.07. The normalized spacial score (nSPS) is 22.8. The number of carbonyl (C=O) groups excluding carboxylic acids is 1. The standard InChI is InChI=1S/C17H18N4O3/c1-9-7-11-14(12(22)8-9)15(10-5-3-4-6-13(10)23-2)19-17-16(18-11)20-24-21-17/h3-6,9,15H,7-8H2,1-2H3,(H,18,20)(H,19,21). The summed E-state index contributed by atoms with van der Waals surface area (Å²) in [4.78, 5) is 12.8. The van der Waals surface area contributed by atoms with E-state index in [9.17, 15) is 4.79 Å². The van der Waals surface area contributed by atoms with Crippen molar-refractivity contribution in [2.45, 2.75) is 25.8 Å². The zero-order chi connectivity index (χ0) is 16.7. The number of nitrogens with one attached hydrogen (secondary N) is 2. The Morgan fingerprint density at radius 3 is 2.83 bits per heavy atom. The maximum atomic E-state index is 12.8. The van der Waals surface area contributed by atoms with Crippen LogP contribution in [-0.2, 0) is 4.79 Å². The number of ether oxygens (including phenoxy) is 1. The second-order valence-corrected chi connectivity index (χ2v) is 6.23. The van der Waals surface area contributed by atoms with Crippen molar-refractivity contribution in [3.8, 4) is 5.75 Å². The lowest BCUT2D eigenvalue weighted by Gasteiger charge is -2.28. The van der Waals surface area contributed by atoms with Crippen LogP contribution in [0.1, 0.15) is 31.4 Å². The van der Waals surface area contributed by atoms with E-state index < -0.39 is 0 Å². The first-order valence-electron chi connectivity index (χ1n) is 7.92. The lowest BCUT2D eigenvalue weighted by Crippen LogP contribution is -2.27. The molecule has 4 rings (SSSR count). The lowest BCUT2D eigenvalue weighted by atomic mass is 9.82. The molecule has 0 spiro atoms. The van der Waals surface area contributed by atoms with Crippen LogP contribution in [0.4, 0.5) is 11.6 Å². The molecule has 0 saturated carbocycles. The van der Waals surface area contributed by atoms with Crippen molar-refractivity contribution >= 4 is 17.4 Å². The van der Waals surface area contributed by atoms with Crippen LogP contribution in [0.25, 0.3) is 0 Å². The van der Waals surface area contributed by atoms with E-state index in [4.69, 9.17) is 9.37 Å². The van der Waals surface area contributed by atoms with Gasteiger partial charge in [0.1, 0.15) is 5.75 Å². The molecule has 0 radical (unpaired) electrons. The number of para-hydroxylation sites is 1. The SMILES string of the molecule is COc1ccccc1C1Nc2nonc2NC2=C1C(=O)CC(C)C2. The van der Waals surface area contributed by atoms with E-state index in [1.807, 2.05) is 24.3 Å². The number of aromatic nitrogens is 2. The molecule has 1 aliphatic heterocycles. The van der Waals surface area contributed by atoms with E-state index in [-0.39, 0.29) is 17.7 Å². The van der Waals surface area contributed by atoms with Crippen LogP contribution in [-0.4, -0.2) is 23.2 Å². The Kier molecular flexibility index (Phi) is 3.48. The van der Waals surface area contributed by atoms with Gasteiger partial charge in [-0.2, -0.15) is 0 Å². The molecule has 0 amide bonds. The molecule has 2 aliphatic rings. The number of hydrogen-bond acceptors (Lipinski definition) is 7. The highest BCUT2D eigenvalue weighted by Crippen LogP contribution is 2.42. The minimum Gasteiger partial charge on any atom is -0.496 e. The molecule has 0 saturated heterocycles. The largest absolute Gasteiger partial charge is 0.496 e. The molecular formula is C17H18N4O3. The molecule has 1 aromatic heterocycles. The number of anilines is 2. The summed E-state index contributed by atoms with van der Waals surface area (Å²) in [7, 11) is 1.62. The summed E-state index contributed by atoms with van der Waals surface area (Å²) >= 11 is 0. The zero-order valence-corrected chi connectivity index (χ0v) is 13.5. The quantitative estimate of drug-likeness (QED) is 0.877. The van der Waals surface area contributed by atoms with Crippen LogP contribution in [0.2, 0.25) is 0 Å². The van der Waals surface area contributed by atoms with Crippen molar-refractivity contribution in [3.05, 3.63) is 41.1 Å². The highest BCUT2D eigenvalue weighted by molar-refractivity contribution is 6.00. The van der Waals surface area contributed by atoms with Crippen molar-refractivity contribution < 1.29 is 14.2 Å². The van der Waals surface area contributed by atoms with Gasteiger partial charge >= 0.3 is 0 Å². The van der Waals surface area contributed by atoms with Gasteiger partial charge in [0.05, 0.1) is 13.2 Å². The topological polar surface area (TPSA) is 89.3 Å². The van der Waals surface area contributed by atoms with Crippen LogP contribution in [0.15, 0.2) is 40.2 Å². The molecule has 2 unspecified atom stereocenters. The average Bonchev–Trinajstić information content (AvgIpc) is 2.93. The highest BCUT2D eigenvalue weighted by atomic mass is 16.6. The molecule has 124 valence electrons. The van der Waals surface area contributed by atoms with Gasteiger partial charge in [-0.25, -0.2) is 4.63 Å². The van der Waals surface area contributed by atoms with E-state index in [0.29, 0.717) is 23.8 Å². The Hall–Kier alpha value is -2.83. The van der Waals surface area contributed by atoms with Crippen LogP contribution >= 0.6 is 0 Å². The molecule has 0 fully saturated rings. The first-order chi connectivity index (χ1) is 11.7. The lowest BCUT2D eigenvalue weighted by molar-refractivity contribution is -0.117. The highest BCUT2D eigenvalue weighted by Gasteiger charge is 2.36. The van der Waals surface area contributed by atoms with E-state index in [2.05, 4.69) is 27.9 Å². The van der Waals surface area contributed by atoms with E-state index in [1.54, 1.807) is 7.11 Å². The first kappa shape index (κ1) is 14.7. The van der Waals surface area contributed by atoms with Crippen LogP contribution in [0, 0.1) is 5.92 Å². The maximum Gasteiger partial charge on any atom is 0.219 e. The molecule has 2 N–H and O–H groups in total. The Bertz CT molecular complexity index is 827. The number of ketones is 1. The number of allylic oxidation sites excluding steroid dienone is 1. The van der Waals surface area contributed by atoms with Gasteiger partial charge in [-0.15, -0.1) is 0 Å². The van der Waals surface area contributed by atoms with Gasteiger partial charge in [0.15, 0.2) is 5.78 Å². The number of methoxy groups -OCH3 is 1. The van der Waals surface area contributed by atoms with Gasteiger partial charge < -0.3 is 15.4 Å². The molecule has 2 atom stereocenters. The third-order valence-corrected chi connectivity index (χ3v) is 4.49. The Balaban J connectivity index is 1.89. The fraction of sp³-hybridized carbons (Fsp3) is 0.353. The molecule has 24 heavy (non-hydrogen) atoms. The van der Waals surface area contributed by atoms with E-state index >= 15 is 0 Å². The summed E-state index contributed by atoms with van der Waals surface area (Å²) in [5.74, 6) is 2.11. The van der Waals surface area contributed by atoms with Crippen molar-refractivity contribution in [2.24, 2.45) is 5.92 Å². The van der Waals surface area contributed by atoms with Crippen molar-refractivity contribution in [1.29, 1.82) is 0 Å². The number of benzene rings is 1. The minimum absolute atomic E-state index is 0.127. The predicted octanol–water partition coefficient (Wildman–Crippen LogP) is 2.91. The molecule has 1 aliphatic carbocycles. The van der Waals surface area contributed by atoms with Gasteiger partial charge in [0.25, 0.3) is 0 Å². The first-order valence-corrected chi connectivity index (χ1v) is 7.92. The van der Waals surface area contributed by atoms with Gasteiger partial charge in [-0.3, -0.25) is 4.79 Å². The molecule has 1 aromatic carbocycles. The third-order valence-electron chi connectivity index (χ3n) is 4.49. The van der Waals surface area contributed by atoms with Gasteiger partial charge in [-0.05, 0) is 28.7 Å². The zero-order valence-electron chi connectivity index (χ0n) is 13.5. The number of carbonyl (C=O) groups is 1. The Labute approximate surface area is 139 Å². The smallest absolute Gasteiger partial charge is 0.219 e. The third kappa shape index (κ3) is 2.33. The molecule has 2 aromatic rings. The monoisotopic (exact) mass is 326 g/mol. The Morgan fingerprint density at radius 2 is 2.00 bits per heavy atom. The van der Waals surface area contributed by atoms with Gasteiger partial charge in [0, 0.05) is 23.3 Å². The molecule has 7 heteroatoms. The summed E-state index contributed by atoms with van der Waals surface area (Å²) in [5.41, 5.74) is 2.47. The number of hydrogen-bond donors (Lipinski definition) is 2. The summed E-state index contributed by atoms with van der Waals surface area (Å²) in [5, 5.41) is 14.3. The number of Topliss-reactive ketones (excluding diaryl/α,β-unsaturated/α-hetero) is 1. The fourth-order valence-electron chi connectivity index (χ4n) is 3.43. The summed E-state index contributed by atoms with van der Waals surface area (Å²) < 4.78 is 10.3. The molecule has 2 heterocycles. The fourth-order valence-corrected chi connectivity index (χ4v) is 3.43. The van der Waals surface area contributed by atoms with Crippen molar-refractivity contribution in [2.75, 3.05) is 17.7 Å². The molecule has 7 nitrogen and oxygen atoms in total. The van der Waals surface area contributed by atoms with Gasteiger partial charge in [0.2, 0.25) is 11.6 Å². The predicted molar refractivity (Wildman–Crippen MR) is 87.7 cm³/mol. The maximum absolute atomic E-state index is 12.8. The summed E-state index contributed by atoms with van der Waals surface area (Å²) in [6, 6.07) is 7.30. The van der Waals surface area contributed by atoms with Crippen molar-refractivity contribution in [1.82, 2.24) is 10.3 Å². The van der Waals surface area contributed by atoms with Crippen LogP contribution in [0.5, 0.6) is 5.75 Å². The van der Waals surface area contributed by atoms with Gasteiger partial charge in [-0.1, -0.05) is 25.1 Å². The summed E-state index contributed by atoms with van der Waals surface area (Å²) in [6.07, 6.45) is 1.31. The van der Waals surface area contributed by atoms with E-state index in [1.165, 1.54) is 0 Å². The number of fused-ring (bicyclic) bond motifs is 1. The minimum atomic E-state index is -0.364. The molecular weight excluding hydrogens is 308 g/mol. The number of nitrogens with zero attached hydrogens (tertiary/aromatic N) is 2. The van der Waals surface area contributed by atoms with Crippen LogP contribution < -0.4 is 15.4 Å². The molecule has 0 bridgehead atoms. The Morgan fingerprint density at radius 1 is 1.21 bits per heavy atom.